The summed E-state index contributed by atoms with van der Waals surface area (Å²) in [6.45, 7) is 9.52. The minimum absolute atomic E-state index is 0.0959. The smallest absolute Gasteiger partial charge is 0.416 e. The van der Waals surface area contributed by atoms with Gasteiger partial charge in [0.15, 0.2) is 5.69 Å². The third-order valence-corrected chi connectivity index (χ3v) is 7.45. The minimum Gasteiger partial charge on any atom is -0.501 e. The van der Waals surface area contributed by atoms with Gasteiger partial charge in [0.25, 0.3) is 5.91 Å². The molecule has 0 radical (unpaired) electrons. The first-order valence-corrected chi connectivity index (χ1v) is 12.0. The molecule has 1 aromatic heterocycles. The zero-order valence-corrected chi connectivity index (χ0v) is 20.8. The molecule has 0 atom stereocenters. The van der Waals surface area contributed by atoms with Crippen LogP contribution in [0.25, 0.3) is 0 Å². The maximum atomic E-state index is 13.6. The van der Waals surface area contributed by atoms with Crippen molar-refractivity contribution in [3.8, 4) is 5.75 Å². The molecule has 0 spiro atoms. The fourth-order valence-corrected chi connectivity index (χ4v) is 6.07. The molecule has 1 amide bonds. The lowest BCUT2D eigenvalue weighted by Gasteiger charge is -2.46. The van der Waals surface area contributed by atoms with Gasteiger partial charge in [-0.25, -0.2) is 0 Å². The van der Waals surface area contributed by atoms with Crippen LogP contribution in [-0.4, -0.2) is 37.0 Å². The van der Waals surface area contributed by atoms with Crippen LogP contribution >= 0.6 is 0 Å². The number of aryl methyl sites for hydroxylation is 1. The van der Waals surface area contributed by atoms with E-state index in [1.165, 1.54) is 6.07 Å². The zero-order chi connectivity index (χ0) is 25.9. The first-order valence-electron chi connectivity index (χ1n) is 12.0. The van der Waals surface area contributed by atoms with Gasteiger partial charge in [0.05, 0.1) is 11.1 Å². The summed E-state index contributed by atoms with van der Waals surface area (Å²) in [5.41, 5.74) is -1.86. The molecule has 35 heavy (non-hydrogen) atoms. The van der Waals surface area contributed by atoms with Crippen LogP contribution in [0.5, 0.6) is 5.75 Å². The molecule has 0 saturated heterocycles. The van der Waals surface area contributed by atoms with E-state index >= 15 is 0 Å². The molecular weight excluding hydrogens is 459 g/mol. The van der Waals surface area contributed by atoms with Crippen molar-refractivity contribution in [2.75, 3.05) is 0 Å². The Kier molecular flexibility index (Phi) is 6.05. The first-order chi connectivity index (χ1) is 16.2. The topological polar surface area (TPSA) is 75.4 Å². The average molecular weight is 492 g/mol. The summed E-state index contributed by atoms with van der Waals surface area (Å²) in [6, 6.07) is 3.97. The van der Waals surface area contributed by atoms with Crippen LogP contribution < -0.4 is 5.56 Å². The SMILES string of the molecule is Cc1cc(C(F)(F)F)cc(C2(Cc3nc(=O)c(O)c4n3CC(C)(C)N(C(C)C)C4=O)CCCC2)c1. The van der Waals surface area contributed by atoms with Gasteiger partial charge < -0.3 is 14.6 Å². The van der Waals surface area contributed by atoms with Gasteiger partial charge in [0, 0.05) is 24.4 Å². The van der Waals surface area contributed by atoms with Crippen molar-refractivity contribution in [3.05, 3.63) is 56.8 Å². The molecule has 2 aliphatic rings. The second-order valence-electron chi connectivity index (χ2n) is 10.9. The van der Waals surface area contributed by atoms with Gasteiger partial charge in [0.1, 0.15) is 5.82 Å². The van der Waals surface area contributed by atoms with Gasteiger partial charge in [-0.15, -0.1) is 0 Å². The van der Waals surface area contributed by atoms with Crippen molar-refractivity contribution < 1.29 is 23.1 Å². The van der Waals surface area contributed by atoms with Crippen LogP contribution in [-0.2, 0) is 24.6 Å². The Bertz CT molecular complexity index is 1220. The van der Waals surface area contributed by atoms with Crippen LogP contribution in [0.15, 0.2) is 23.0 Å². The maximum Gasteiger partial charge on any atom is 0.416 e. The van der Waals surface area contributed by atoms with Crippen molar-refractivity contribution in [1.82, 2.24) is 14.5 Å². The Morgan fingerprint density at radius 2 is 1.74 bits per heavy atom. The van der Waals surface area contributed by atoms with Crippen molar-refractivity contribution in [2.24, 2.45) is 0 Å². The highest BCUT2D eigenvalue weighted by atomic mass is 19.4. The number of nitrogens with zero attached hydrogens (tertiary/aromatic N) is 3. The Morgan fingerprint density at radius 1 is 1.11 bits per heavy atom. The largest absolute Gasteiger partial charge is 0.501 e. The molecule has 6 nitrogen and oxygen atoms in total. The van der Waals surface area contributed by atoms with E-state index in [2.05, 4.69) is 4.98 Å². The molecular formula is C26H32F3N3O3. The molecule has 9 heteroatoms. The standard InChI is InChI=1S/C26H32F3N3O3/c1-15(2)32-23(35)20-21(33)22(34)30-19(31(20)14-24(32,4)5)13-25(8-6-7-9-25)17-10-16(3)11-18(12-17)26(27,28)29/h10-12,15,33H,6-9,13-14H2,1-5H3. The van der Waals surface area contributed by atoms with E-state index in [4.69, 9.17) is 0 Å². The van der Waals surface area contributed by atoms with E-state index in [-0.39, 0.29) is 18.2 Å². The normalized spacial score (nSPS) is 19.3. The van der Waals surface area contributed by atoms with Crippen LogP contribution in [0.2, 0.25) is 0 Å². The Balaban J connectivity index is 1.88. The molecule has 1 aliphatic carbocycles. The van der Waals surface area contributed by atoms with Gasteiger partial charge >= 0.3 is 11.7 Å². The molecule has 1 aromatic carbocycles. The van der Waals surface area contributed by atoms with Crippen molar-refractivity contribution in [1.29, 1.82) is 0 Å². The van der Waals surface area contributed by atoms with Crippen molar-refractivity contribution in [3.63, 3.8) is 0 Å². The van der Waals surface area contributed by atoms with Gasteiger partial charge in [0.2, 0.25) is 5.75 Å². The first kappa shape index (κ1) is 25.3. The molecule has 190 valence electrons. The number of hydrogen-bond donors (Lipinski definition) is 1. The Labute approximate surface area is 202 Å². The summed E-state index contributed by atoms with van der Waals surface area (Å²) in [4.78, 5) is 31.9. The number of alkyl halides is 3. The van der Waals surface area contributed by atoms with E-state index in [0.717, 1.165) is 18.9 Å². The van der Waals surface area contributed by atoms with Gasteiger partial charge in [-0.3, -0.25) is 9.59 Å². The number of aromatic nitrogens is 2. The summed E-state index contributed by atoms with van der Waals surface area (Å²) in [6.07, 6.45) is -1.28. The van der Waals surface area contributed by atoms with Crippen LogP contribution in [0.4, 0.5) is 13.2 Å². The highest BCUT2D eigenvalue weighted by Gasteiger charge is 2.45. The number of benzene rings is 1. The lowest BCUT2D eigenvalue weighted by Crippen LogP contribution is -2.58. The number of fused-ring (bicyclic) bond motifs is 1. The molecule has 2 heterocycles. The average Bonchev–Trinajstić information content (AvgIpc) is 3.19. The third-order valence-electron chi connectivity index (χ3n) is 7.45. The summed E-state index contributed by atoms with van der Waals surface area (Å²) >= 11 is 0. The lowest BCUT2D eigenvalue weighted by molar-refractivity contribution is -0.137. The van der Waals surface area contributed by atoms with E-state index < -0.39 is 39.9 Å². The van der Waals surface area contributed by atoms with E-state index in [1.807, 2.05) is 27.7 Å². The highest BCUT2D eigenvalue weighted by Crippen LogP contribution is 2.46. The molecule has 1 fully saturated rings. The highest BCUT2D eigenvalue weighted by molar-refractivity contribution is 5.96. The number of hydrogen-bond acceptors (Lipinski definition) is 4. The second-order valence-corrected chi connectivity index (χ2v) is 10.9. The van der Waals surface area contributed by atoms with Gasteiger partial charge in [-0.2, -0.15) is 18.2 Å². The summed E-state index contributed by atoms with van der Waals surface area (Å²) in [5.74, 6) is -0.815. The number of rotatable bonds is 4. The number of carbonyl (C=O) groups excluding carboxylic acids is 1. The van der Waals surface area contributed by atoms with E-state index in [0.29, 0.717) is 36.3 Å². The number of amides is 1. The summed E-state index contributed by atoms with van der Waals surface area (Å²) in [5, 5.41) is 10.5. The quantitative estimate of drug-likeness (QED) is 0.655. The van der Waals surface area contributed by atoms with Crippen LogP contribution in [0.3, 0.4) is 0 Å². The van der Waals surface area contributed by atoms with Crippen LogP contribution in [0, 0.1) is 6.92 Å². The second kappa shape index (κ2) is 8.38. The number of halogens is 3. The third kappa shape index (κ3) is 4.34. The summed E-state index contributed by atoms with van der Waals surface area (Å²) < 4.78 is 42.4. The predicted octanol–water partition coefficient (Wildman–Crippen LogP) is 4.97. The predicted molar refractivity (Wildman–Crippen MR) is 126 cm³/mol. The molecule has 4 rings (SSSR count). The molecule has 0 unspecified atom stereocenters. The monoisotopic (exact) mass is 491 g/mol. The number of aromatic hydroxyl groups is 1. The lowest BCUT2D eigenvalue weighted by atomic mass is 9.74. The fraction of sp³-hybridized carbons (Fsp3) is 0.577. The van der Waals surface area contributed by atoms with Gasteiger partial charge in [-0.1, -0.05) is 24.5 Å². The molecule has 2 aromatic rings. The Morgan fingerprint density at radius 3 is 2.31 bits per heavy atom. The minimum atomic E-state index is -4.47. The van der Waals surface area contributed by atoms with Gasteiger partial charge in [-0.05, 0) is 65.2 Å². The molecule has 1 saturated carbocycles. The number of carbonyl (C=O) groups is 1. The molecule has 1 aliphatic heterocycles. The van der Waals surface area contributed by atoms with E-state index in [1.54, 1.807) is 22.5 Å². The summed E-state index contributed by atoms with van der Waals surface area (Å²) in [7, 11) is 0. The van der Waals surface area contributed by atoms with Crippen molar-refractivity contribution in [2.45, 2.75) is 96.4 Å². The molecule has 0 bridgehead atoms. The molecule has 1 N–H and O–H groups in total. The van der Waals surface area contributed by atoms with Crippen LogP contribution in [0.1, 0.15) is 86.4 Å². The zero-order valence-electron chi connectivity index (χ0n) is 20.8. The maximum absolute atomic E-state index is 13.6. The van der Waals surface area contributed by atoms with Crippen molar-refractivity contribution >= 4 is 5.91 Å². The van der Waals surface area contributed by atoms with E-state index in [9.17, 15) is 27.9 Å². The fourth-order valence-electron chi connectivity index (χ4n) is 6.07. The Hall–Kier alpha value is -2.84.